The summed E-state index contributed by atoms with van der Waals surface area (Å²) in [4.78, 5) is 28.7. The summed E-state index contributed by atoms with van der Waals surface area (Å²) in [6.45, 7) is 5.68. The molecule has 214 valence electrons. The Morgan fingerprint density at radius 2 is 1.68 bits per heavy atom. The molecule has 10 heteroatoms. The Hall–Kier alpha value is -3.56. The molecule has 0 aliphatic carbocycles. The maximum absolute atomic E-state index is 14.0. The first kappa shape index (κ1) is 31.0. The highest BCUT2D eigenvalue weighted by molar-refractivity contribution is 7.92. The smallest absolute Gasteiger partial charge is 0.264 e. The van der Waals surface area contributed by atoms with Gasteiger partial charge in [-0.2, -0.15) is 0 Å². The van der Waals surface area contributed by atoms with Gasteiger partial charge in [0.25, 0.3) is 10.0 Å². The maximum Gasteiger partial charge on any atom is 0.264 e. The molecule has 2 amide bonds. The van der Waals surface area contributed by atoms with Crippen LogP contribution in [0.5, 0.6) is 5.75 Å². The molecular weight excluding hydrogens is 550 g/mol. The summed E-state index contributed by atoms with van der Waals surface area (Å²) in [5.41, 5.74) is 1.93. The first-order chi connectivity index (χ1) is 19.1. The largest absolute Gasteiger partial charge is 0.497 e. The van der Waals surface area contributed by atoms with Crippen molar-refractivity contribution in [2.75, 3.05) is 24.5 Å². The molecule has 8 nitrogen and oxygen atoms in total. The summed E-state index contributed by atoms with van der Waals surface area (Å²) in [6, 6.07) is 19.1. The van der Waals surface area contributed by atoms with Crippen molar-refractivity contribution in [2.45, 2.75) is 51.1 Å². The van der Waals surface area contributed by atoms with Crippen molar-refractivity contribution < 1.29 is 22.7 Å². The molecule has 0 aliphatic rings. The monoisotopic (exact) mass is 585 g/mol. The van der Waals surface area contributed by atoms with E-state index in [2.05, 4.69) is 5.32 Å². The molecule has 0 bridgehead atoms. The molecule has 0 aliphatic heterocycles. The number of nitrogens with zero attached hydrogens (tertiary/aromatic N) is 2. The van der Waals surface area contributed by atoms with Crippen LogP contribution in [0.15, 0.2) is 77.7 Å². The molecule has 1 atom stereocenters. The first-order valence-electron chi connectivity index (χ1n) is 13.2. The number of anilines is 1. The Labute approximate surface area is 241 Å². The molecule has 3 rings (SSSR count). The summed E-state index contributed by atoms with van der Waals surface area (Å²) in [5, 5.41) is 3.42. The molecule has 1 N–H and O–H groups in total. The van der Waals surface area contributed by atoms with Crippen LogP contribution in [-0.2, 0) is 26.2 Å². The fourth-order valence-corrected chi connectivity index (χ4v) is 5.74. The number of aryl methyl sites for hydroxylation is 1. The van der Waals surface area contributed by atoms with Crippen molar-refractivity contribution in [3.05, 3.63) is 88.9 Å². The van der Waals surface area contributed by atoms with E-state index in [1.54, 1.807) is 60.7 Å². The highest BCUT2D eigenvalue weighted by atomic mass is 35.5. The summed E-state index contributed by atoms with van der Waals surface area (Å²) in [6.07, 6.45) is 1.09. The highest BCUT2D eigenvalue weighted by Crippen LogP contribution is 2.28. The number of methoxy groups -OCH3 is 1. The summed E-state index contributed by atoms with van der Waals surface area (Å²) in [5.74, 6) is -0.370. The summed E-state index contributed by atoms with van der Waals surface area (Å²) >= 11 is 6.06. The van der Waals surface area contributed by atoms with E-state index >= 15 is 0 Å². The molecule has 0 heterocycles. The topological polar surface area (TPSA) is 96.0 Å². The van der Waals surface area contributed by atoms with Gasteiger partial charge in [-0.1, -0.05) is 61.3 Å². The molecule has 3 aromatic rings. The van der Waals surface area contributed by atoms with Crippen LogP contribution in [0.2, 0.25) is 5.02 Å². The summed E-state index contributed by atoms with van der Waals surface area (Å²) in [7, 11) is -2.67. The molecule has 0 unspecified atom stereocenters. The lowest BCUT2D eigenvalue weighted by molar-refractivity contribution is -0.140. The minimum absolute atomic E-state index is 0.0469. The molecule has 0 aromatic heterocycles. The Balaban J connectivity index is 2.06. The first-order valence-corrected chi connectivity index (χ1v) is 15.0. The average molecular weight is 586 g/mol. The van der Waals surface area contributed by atoms with Gasteiger partial charge in [-0.3, -0.25) is 13.9 Å². The van der Waals surface area contributed by atoms with Gasteiger partial charge in [0, 0.05) is 24.2 Å². The van der Waals surface area contributed by atoms with Crippen LogP contribution >= 0.6 is 11.6 Å². The van der Waals surface area contributed by atoms with Crippen LogP contribution in [0.25, 0.3) is 0 Å². The number of carbonyl (C=O) groups excluding carboxylic acids is 2. The lowest BCUT2D eigenvalue weighted by Gasteiger charge is -2.33. The highest BCUT2D eigenvalue weighted by Gasteiger charge is 2.33. The SMILES string of the molecule is CCCNC(=O)[C@H](CC)N(Cc1ccc(Cl)cc1)C(=O)CN(c1cccc(OC)c1)S(=O)(=O)c1ccc(C)cc1. The number of benzene rings is 3. The standard InChI is InChI=1S/C30H36ClN3O5S/c1-5-18-32-30(36)28(6-2)33(20-23-12-14-24(31)15-13-23)29(35)21-34(25-8-7-9-26(19-25)39-4)40(37,38)27-16-10-22(3)11-17-27/h7-17,19,28H,5-6,18,20-21H2,1-4H3,(H,32,36)/t28-/m0/s1. The quantitative estimate of drug-likeness (QED) is 0.298. The molecule has 3 aromatic carbocycles. The number of ether oxygens (including phenoxy) is 1. The van der Waals surface area contributed by atoms with Gasteiger partial charge in [0.05, 0.1) is 17.7 Å². The molecule has 0 saturated carbocycles. The lowest BCUT2D eigenvalue weighted by atomic mass is 10.1. The number of rotatable bonds is 13. The van der Waals surface area contributed by atoms with Gasteiger partial charge in [0.15, 0.2) is 0 Å². The van der Waals surface area contributed by atoms with Crippen molar-refractivity contribution in [3.8, 4) is 5.75 Å². The third-order valence-electron chi connectivity index (χ3n) is 6.43. The number of hydrogen-bond donors (Lipinski definition) is 1. The number of sulfonamides is 1. The zero-order valence-corrected chi connectivity index (χ0v) is 24.8. The number of carbonyl (C=O) groups is 2. The van der Waals surface area contributed by atoms with Gasteiger partial charge in [-0.25, -0.2) is 8.42 Å². The third-order valence-corrected chi connectivity index (χ3v) is 8.47. The molecule has 40 heavy (non-hydrogen) atoms. The van der Waals surface area contributed by atoms with E-state index in [1.807, 2.05) is 20.8 Å². The second-order valence-corrected chi connectivity index (χ2v) is 11.7. The molecular formula is C30H36ClN3O5S. The zero-order chi connectivity index (χ0) is 29.3. The van der Waals surface area contributed by atoms with E-state index in [1.165, 1.54) is 24.1 Å². The molecule has 0 saturated heterocycles. The number of hydrogen-bond acceptors (Lipinski definition) is 5. The van der Waals surface area contributed by atoms with E-state index in [4.69, 9.17) is 16.3 Å². The zero-order valence-electron chi connectivity index (χ0n) is 23.3. The summed E-state index contributed by atoms with van der Waals surface area (Å²) < 4.78 is 34.3. The second-order valence-electron chi connectivity index (χ2n) is 9.39. The third kappa shape index (κ3) is 7.76. The van der Waals surface area contributed by atoms with Crippen LogP contribution in [0.1, 0.15) is 37.8 Å². The predicted octanol–water partition coefficient (Wildman–Crippen LogP) is 5.19. The van der Waals surface area contributed by atoms with Crippen molar-refractivity contribution in [2.24, 2.45) is 0 Å². The number of amides is 2. The maximum atomic E-state index is 14.0. The second kappa shape index (κ2) is 14.2. The fraction of sp³-hybridized carbons (Fsp3) is 0.333. The van der Waals surface area contributed by atoms with E-state index in [0.717, 1.165) is 21.9 Å². The minimum atomic E-state index is -4.16. The number of halogens is 1. The Morgan fingerprint density at radius 1 is 1.00 bits per heavy atom. The predicted molar refractivity (Wildman–Crippen MR) is 158 cm³/mol. The van der Waals surface area contributed by atoms with Crippen LogP contribution < -0.4 is 14.4 Å². The Bertz CT molecular complexity index is 1400. The lowest BCUT2D eigenvalue weighted by Crippen LogP contribution is -2.52. The van der Waals surface area contributed by atoms with Crippen LogP contribution in [0.4, 0.5) is 5.69 Å². The van der Waals surface area contributed by atoms with E-state index in [-0.39, 0.29) is 23.0 Å². The minimum Gasteiger partial charge on any atom is -0.497 e. The van der Waals surface area contributed by atoms with E-state index < -0.39 is 28.5 Å². The van der Waals surface area contributed by atoms with Gasteiger partial charge in [0.2, 0.25) is 11.8 Å². The van der Waals surface area contributed by atoms with Gasteiger partial charge in [-0.05, 0) is 61.7 Å². The van der Waals surface area contributed by atoms with E-state index in [9.17, 15) is 18.0 Å². The van der Waals surface area contributed by atoms with Crippen molar-refractivity contribution in [1.82, 2.24) is 10.2 Å². The van der Waals surface area contributed by atoms with Crippen LogP contribution in [0.3, 0.4) is 0 Å². The van der Waals surface area contributed by atoms with Gasteiger partial charge in [0.1, 0.15) is 18.3 Å². The average Bonchev–Trinajstić information content (AvgIpc) is 2.95. The molecule has 0 radical (unpaired) electrons. The Kier molecular flexibility index (Phi) is 11.0. The fourth-order valence-electron chi connectivity index (χ4n) is 4.20. The van der Waals surface area contributed by atoms with Crippen molar-refractivity contribution >= 4 is 39.1 Å². The molecule has 0 spiro atoms. The van der Waals surface area contributed by atoms with Crippen LogP contribution in [-0.4, -0.2) is 51.4 Å². The van der Waals surface area contributed by atoms with E-state index in [0.29, 0.717) is 23.7 Å². The normalized spacial score (nSPS) is 11.9. The van der Waals surface area contributed by atoms with Gasteiger partial charge < -0.3 is 15.0 Å². The van der Waals surface area contributed by atoms with Gasteiger partial charge >= 0.3 is 0 Å². The van der Waals surface area contributed by atoms with Crippen LogP contribution in [0, 0.1) is 6.92 Å². The van der Waals surface area contributed by atoms with Gasteiger partial charge in [-0.15, -0.1) is 0 Å². The molecule has 0 fully saturated rings. The number of nitrogens with one attached hydrogen (secondary N) is 1. The van der Waals surface area contributed by atoms with Crippen molar-refractivity contribution in [3.63, 3.8) is 0 Å². The van der Waals surface area contributed by atoms with Crippen molar-refractivity contribution in [1.29, 1.82) is 0 Å². The Morgan fingerprint density at radius 3 is 2.27 bits per heavy atom.